The standard InChI is InChI=1S/C21H19N9/c1-2-10-30(11-3-1)16-6-7-24-20-18(16)26-21(27-20)19-17-14(28-29-19)5-4-13(25-17)15-12-22-8-9-23-15/h4-9,12H,1-3,10-11H2,(H,28,29)(H,24,26,27). The molecule has 0 amide bonds. The third-order valence-electron chi connectivity index (χ3n) is 5.52. The van der Waals surface area contributed by atoms with E-state index in [1.807, 2.05) is 24.4 Å². The van der Waals surface area contributed by atoms with E-state index < -0.39 is 0 Å². The Morgan fingerprint density at radius 3 is 2.63 bits per heavy atom. The lowest BCUT2D eigenvalue weighted by Crippen LogP contribution is -2.29. The summed E-state index contributed by atoms with van der Waals surface area (Å²) in [5, 5.41) is 7.53. The van der Waals surface area contributed by atoms with Crippen molar-refractivity contribution in [3.05, 3.63) is 43.0 Å². The summed E-state index contributed by atoms with van der Waals surface area (Å²) in [6.07, 6.45) is 10.5. The third kappa shape index (κ3) is 2.78. The highest BCUT2D eigenvalue weighted by molar-refractivity contribution is 5.93. The first-order chi connectivity index (χ1) is 14.9. The maximum Gasteiger partial charge on any atom is 0.162 e. The first-order valence-electron chi connectivity index (χ1n) is 10.1. The molecular weight excluding hydrogens is 378 g/mol. The van der Waals surface area contributed by atoms with Crippen molar-refractivity contribution < 1.29 is 0 Å². The van der Waals surface area contributed by atoms with E-state index in [2.05, 4.69) is 35.0 Å². The van der Waals surface area contributed by atoms with Crippen molar-refractivity contribution in [3.8, 4) is 22.9 Å². The minimum Gasteiger partial charge on any atom is -0.370 e. The monoisotopic (exact) mass is 397 g/mol. The van der Waals surface area contributed by atoms with E-state index in [1.54, 1.807) is 18.6 Å². The molecule has 0 atom stereocenters. The molecule has 5 aromatic heterocycles. The van der Waals surface area contributed by atoms with E-state index in [4.69, 9.17) is 9.97 Å². The molecule has 6 heterocycles. The number of rotatable bonds is 3. The smallest absolute Gasteiger partial charge is 0.162 e. The molecule has 148 valence electrons. The topological polar surface area (TPSA) is 112 Å². The second-order valence-electron chi connectivity index (χ2n) is 7.42. The zero-order valence-corrected chi connectivity index (χ0v) is 16.2. The van der Waals surface area contributed by atoms with Crippen LogP contribution in [0.25, 0.3) is 45.1 Å². The quantitative estimate of drug-likeness (QED) is 0.480. The molecule has 9 heteroatoms. The van der Waals surface area contributed by atoms with Crippen LogP contribution in [0.4, 0.5) is 5.69 Å². The molecule has 0 saturated carbocycles. The number of nitrogens with one attached hydrogen (secondary N) is 2. The van der Waals surface area contributed by atoms with E-state index in [0.717, 1.165) is 46.7 Å². The fourth-order valence-corrected chi connectivity index (χ4v) is 4.04. The number of fused-ring (bicyclic) bond motifs is 2. The zero-order chi connectivity index (χ0) is 19.9. The maximum atomic E-state index is 4.87. The van der Waals surface area contributed by atoms with Gasteiger partial charge in [0.15, 0.2) is 17.2 Å². The number of piperidine rings is 1. The van der Waals surface area contributed by atoms with Crippen LogP contribution in [-0.4, -0.2) is 53.2 Å². The van der Waals surface area contributed by atoms with E-state index >= 15 is 0 Å². The molecule has 1 aliphatic heterocycles. The van der Waals surface area contributed by atoms with E-state index in [0.29, 0.717) is 17.2 Å². The first-order valence-corrected chi connectivity index (χ1v) is 10.1. The molecular formula is C21H19N9. The van der Waals surface area contributed by atoms with Crippen LogP contribution in [0, 0.1) is 0 Å². The number of hydrogen-bond donors (Lipinski definition) is 2. The molecule has 1 fully saturated rings. The molecule has 5 aromatic rings. The number of imidazole rings is 1. The summed E-state index contributed by atoms with van der Waals surface area (Å²) in [5.74, 6) is 0.650. The summed E-state index contributed by atoms with van der Waals surface area (Å²) >= 11 is 0. The molecule has 2 N–H and O–H groups in total. The zero-order valence-electron chi connectivity index (χ0n) is 16.2. The van der Waals surface area contributed by atoms with Crippen LogP contribution >= 0.6 is 0 Å². The van der Waals surface area contributed by atoms with Crippen LogP contribution in [0.2, 0.25) is 0 Å². The summed E-state index contributed by atoms with van der Waals surface area (Å²) in [7, 11) is 0. The molecule has 0 unspecified atom stereocenters. The Hall–Kier alpha value is -3.88. The highest BCUT2D eigenvalue weighted by Gasteiger charge is 2.20. The fourth-order valence-electron chi connectivity index (χ4n) is 4.04. The minimum absolute atomic E-state index is 0.650. The highest BCUT2D eigenvalue weighted by Crippen LogP contribution is 2.31. The average Bonchev–Trinajstić information content (AvgIpc) is 3.43. The van der Waals surface area contributed by atoms with E-state index in [-0.39, 0.29) is 0 Å². The highest BCUT2D eigenvalue weighted by atomic mass is 15.2. The molecule has 0 spiro atoms. The van der Waals surface area contributed by atoms with Crippen LogP contribution in [0.5, 0.6) is 0 Å². The van der Waals surface area contributed by atoms with Crippen LogP contribution in [0.1, 0.15) is 19.3 Å². The van der Waals surface area contributed by atoms with Gasteiger partial charge in [-0.05, 0) is 37.5 Å². The second kappa shape index (κ2) is 6.87. The third-order valence-corrected chi connectivity index (χ3v) is 5.52. The predicted octanol–water partition coefficient (Wildman–Crippen LogP) is 3.34. The molecule has 9 nitrogen and oxygen atoms in total. The Morgan fingerprint density at radius 1 is 0.833 bits per heavy atom. The van der Waals surface area contributed by atoms with Crippen LogP contribution < -0.4 is 4.90 Å². The number of nitrogens with zero attached hydrogens (tertiary/aromatic N) is 7. The number of aromatic nitrogens is 8. The summed E-state index contributed by atoms with van der Waals surface area (Å²) in [5.41, 5.74) is 6.43. The number of H-pyrrole nitrogens is 2. The van der Waals surface area contributed by atoms with Gasteiger partial charge in [-0.1, -0.05) is 0 Å². The van der Waals surface area contributed by atoms with Gasteiger partial charge in [0.05, 0.1) is 23.1 Å². The first kappa shape index (κ1) is 17.0. The predicted molar refractivity (Wildman–Crippen MR) is 114 cm³/mol. The average molecular weight is 397 g/mol. The van der Waals surface area contributed by atoms with Gasteiger partial charge in [-0.25, -0.2) is 15.0 Å². The van der Waals surface area contributed by atoms with Gasteiger partial charge in [0.2, 0.25) is 0 Å². The van der Waals surface area contributed by atoms with E-state index in [9.17, 15) is 0 Å². The van der Waals surface area contributed by atoms with E-state index in [1.165, 1.54) is 19.3 Å². The van der Waals surface area contributed by atoms with Gasteiger partial charge in [-0.15, -0.1) is 0 Å². The lowest BCUT2D eigenvalue weighted by Gasteiger charge is -2.28. The Balaban J connectivity index is 1.47. The molecule has 0 bridgehead atoms. The lowest BCUT2D eigenvalue weighted by molar-refractivity contribution is 0.578. The van der Waals surface area contributed by atoms with Crippen molar-refractivity contribution in [2.24, 2.45) is 0 Å². The molecule has 1 saturated heterocycles. The Morgan fingerprint density at radius 2 is 1.77 bits per heavy atom. The van der Waals surface area contributed by atoms with Gasteiger partial charge >= 0.3 is 0 Å². The van der Waals surface area contributed by atoms with Gasteiger partial charge in [0, 0.05) is 31.7 Å². The fraction of sp³-hybridized carbons (Fsp3) is 0.238. The van der Waals surface area contributed by atoms with Crippen molar-refractivity contribution in [1.82, 2.24) is 40.1 Å². The number of aromatic amines is 2. The number of hydrogen-bond acceptors (Lipinski definition) is 7. The van der Waals surface area contributed by atoms with Crippen molar-refractivity contribution in [1.29, 1.82) is 0 Å². The van der Waals surface area contributed by atoms with Gasteiger partial charge in [-0.3, -0.25) is 15.1 Å². The van der Waals surface area contributed by atoms with Gasteiger partial charge in [0.25, 0.3) is 0 Å². The van der Waals surface area contributed by atoms with Crippen LogP contribution in [0.15, 0.2) is 43.0 Å². The second-order valence-corrected chi connectivity index (χ2v) is 7.42. The Kier molecular flexibility index (Phi) is 3.90. The Bertz CT molecular complexity index is 1330. The largest absolute Gasteiger partial charge is 0.370 e. The normalized spacial score (nSPS) is 14.6. The summed E-state index contributed by atoms with van der Waals surface area (Å²) < 4.78 is 0. The maximum absolute atomic E-state index is 4.87. The van der Waals surface area contributed by atoms with Gasteiger partial charge in [-0.2, -0.15) is 5.10 Å². The molecule has 0 aliphatic carbocycles. The van der Waals surface area contributed by atoms with Crippen molar-refractivity contribution >= 4 is 27.9 Å². The van der Waals surface area contributed by atoms with Crippen molar-refractivity contribution in [3.63, 3.8) is 0 Å². The molecule has 0 radical (unpaired) electrons. The minimum atomic E-state index is 0.650. The summed E-state index contributed by atoms with van der Waals surface area (Å²) in [6, 6.07) is 5.90. The molecule has 0 aromatic carbocycles. The van der Waals surface area contributed by atoms with Crippen LogP contribution in [-0.2, 0) is 0 Å². The number of pyridine rings is 2. The van der Waals surface area contributed by atoms with Gasteiger partial charge < -0.3 is 9.88 Å². The molecule has 30 heavy (non-hydrogen) atoms. The lowest BCUT2D eigenvalue weighted by atomic mass is 10.1. The number of anilines is 1. The summed E-state index contributed by atoms with van der Waals surface area (Å²) in [6.45, 7) is 2.10. The SMILES string of the molecule is c1cnc(-c2ccc3[nH]nc(-c4nc5c(N6CCCCC6)ccnc5[nH]4)c3n2)cn1. The van der Waals surface area contributed by atoms with Crippen molar-refractivity contribution in [2.75, 3.05) is 18.0 Å². The molecule has 1 aliphatic rings. The van der Waals surface area contributed by atoms with Crippen LogP contribution in [0.3, 0.4) is 0 Å². The summed E-state index contributed by atoms with van der Waals surface area (Å²) in [4.78, 5) is 28.3. The Labute approximate surface area is 171 Å². The van der Waals surface area contributed by atoms with Gasteiger partial charge in [0.1, 0.15) is 16.7 Å². The molecule has 6 rings (SSSR count). The van der Waals surface area contributed by atoms with Crippen molar-refractivity contribution in [2.45, 2.75) is 19.3 Å².